The van der Waals surface area contributed by atoms with Gasteiger partial charge < -0.3 is 15.3 Å². The second-order valence-electron chi connectivity index (χ2n) is 5.86. The SMILES string of the molecule is O=C(O)[C@@H]1CN(C(=O)NCCS(=O)(=O)c2ccccc2)C[C@H]1C(F)(F)F. The van der Waals surface area contributed by atoms with E-state index in [1.165, 1.54) is 12.1 Å². The smallest absolute Gasteiger partial charge is 0.394 e. The first-order chi connectivity index (χ1) is 12.0. The number of hydrogen-bond acceptors (Lipinski definition) is 4. The number of hydrogen-bond donors (Lipinski definition) is 2. The Morgan fingerprint density at radius 1 is 1.19 bits per heavy atom. The molecule has 144 valence electrons. The van der Waals surface area contributed by atoms with E-state index in [0.717, 1.165) is 4.90 Å². The third-order valence-corrected chi connectivity index (χ3v) is 5.83. The van der Waals surface area contributed by atoms with E-state index in [1.807, 2.05) is 0 Å². The minimum Gasteiger partial charge on any atom is -0.481 e. The molecule has 0 unspecified atom stereocenters. The lowest BCUT2D eigenvalue weighted by atomic mass is 9.96. The zero-order valence-electron chi connectivity index (χ0n) is 13.4. The molecule has 2 amide bonds. The van der Waals surface area contributed by atoms with Crippen molar-refractivity contribution in [2.75, 3.05) is 25.4 Å². The van der Waals surface area contributed by atoms with Gasteiger partial charge in [0, 0.05) is 19.6 Å². The van der Waals surface area contributed by atoms with Crippen molar-refractivity contribution < 1.29 is 36.3 Å². The molecule has 7 nitrogen and oxygen atoms in total. The summed E-state index contributed by atoms with van der Waals surface area (Å²) in [5, 5.41) is 11.1. The van der Waals surface area contributed by atoms with Crippen molar-refractivity contribution in [3.63, 3.8) is 0 Å². The summed E-state index contributed by atoms with van der Waals surface area (Å²) < 4.78 is 62.8. The molecule has 1 saturated heterocycles. The number of nitrogens with one attached hydrogen (secondary N) is 1. The van der Waals surface area contributed by atoms with Crippen molar-refractivity contribution in [2.45, 2.75) is 11.1 Å². The van der Waals surface area contributed by atoms with E-state index >= 15 is 0 Å². The first kappa shape index (κ1) is 20.0. The van der Waals surface area contributed by atoms with Gasteiger partial charge in [-0.05, 0) is 12.1 Å². The van der Waals surface area contributed by atoms with E-state index in [2.05, 4.69) is 5.32 Å². The van der Waals surface area contributed by atoms with Crippen molar-refractivity contribution in [3.05, 3.63) is 30.3 Å². The van der Waals surface area contributed by atoms with Gasteiger partial charge in [-0.25, -0.2) is 13.2 Å². The van der Waals surface area contributed by atoms with Gasteiger partial charge in [0.15, 0.2) is 9.84 Å². The number of carbonyl (C=O) groups is 2. The average Bonchev–Trinajstić information content (AvgIpc) is 3.01. The molecule has 2 N–H and O–H groups in total. The maximum Gasteiger partial charge on any atom is 0.394 e. The maximum absolute atomic E-state index is 12.9. The molecule has 1 aromatic rings. The van der Waals surface area contributed by atoms with Gasteiger partial charge in [-0.2, -0.15) is 13.2 Å². The fourth-order valence-corrected chi connectivity index (χ4v) is 3.88. The van der Waals surface area contributed by atoms with E-state index in [9.17, 15) is 31.2 Å². The molecular weight excluding hydrogens is 377 g/mol. The number of alkyl halides is 3. The minimum atomic E-state index is -4.74. The summed E-state index contributed by atoms with van der Waals surface area (Å²) in [6, 6.07) is 6.58. The number of likely N-dealkylation sites (tertiary alicyclic amines) is 1. The Morgan fingerprint density at radius 2 is 1.81 bits per heavy atom. The Hall–Kier alpha value is -2.30. The van der Waals surface area contributed by atoms with E-state index in [4.69, 9.17) is 5.11 Å². The number of sulfone groups is 1. The lowest BCUT2D eigenvalue weighted by Gasteiger charge is -2.18. The van der Waals surface area contributed by atoms with E-state index in [-0.39, 0.29) is 11.4 Å². The second kappa shape index (κ2) is 7.52. The van der Waals surface area contributed by atoms with Crippen molar-refractivity contribution >= 4 is 21.8 Å². The lowest BCUT2D eigenvalue weighted by molar-refractivity contribution is -0.187. The van der Waals surface area contributed by atoms with Crippen LogP contribution in [0.1, 0.15) is 0 Å². The Morgan fingerprint density at radius 3 is 2.31 bits per heavy atom. The average molecular weight is 394 g/mol. The van der Waals surface area contributed by atoms with Crippen LogP contribution >= 0.6 is 0 Å². The standard InChI is InChI=1S/C15H17F3N2O5S/c16-15(17,18)12-9-20(8-11(12)13(21)22)14(23)19-6-7-26(24,25)10-4-2-1-3-5-10/h1-5,11-12H,6-9H2,(H,19,23)(H,21,22)/t11-,12-/m1/s1. The zero-order chi connectivity index (χ0) is 19.5. The summed E-state index contributed by atoms with van der Waals surface area (Å²) >= 11 is 0. The number of carboxylic acids is 1. The molecule has 1 fully saturated rings. The predicted octanol–water partition coefficient (Wildman–Crippen LogP) is 1.36. The monoisotopic (exact) mass is 394 g/mol. The van der Waals surface area contributed by atoms with Crippen LogP contribution in [0, 0.1) is 11.8 Å². The van der Waals surface area contributed by atoms with Crippen LogP contribution in [0.25, 0.3) is 0 Å². The number of rotatable bonds is 5. The highest BCUT2D eigenvalue weighted by molar-refractivity contribution is 7.91. The quantitative estimate of drug-likeness (QED) is 0.785. The summed E-state index contributed by atoms with van der Waals surface area (Å²) in [7, 11) is -3.65. The molecule has 1 aliphatic rings. The van der Waals surface area contributed by atoms with Crippen LogP contribution in [0.5, 0.6) is 0 Å². The number of urea groups is 1. The second-order valence-corrected chi connectivity index (χ2v) is 7.97. The summed E-state index contributed by atoms with van der Waals surface area (Å²) in [6.45, 7) is -1.67. The van der Waals surface area contributed by atoms with E-state index in [1.54, 1.807) is 18.2 Å². The number of aliphatic carboxylic acids is 1. The Kier molecular flexibility index (Phi) is 5.79. The van der Waals surface area contributed by atoms with Crippen molar-refractivity contribution in [1.82, 2.24) is 10.2 Å². The number of halogens is 3. The van der Waals surface area contributed by atoms with Crippen LogP contribution in [0.2, 0.25) is 0 Å². The van der Waals surface area contributed by atoms with E-state index < -0.39 is 58.7 Å². The minimum absolute atomic E-state index is 0.0681. The molecule has 11 heteroatoms. The number of amides is 2. The largest absolute Gasteiger partial charge is 0.481 e. The van der Waals surface area contributed by atoms with Crippen LogP contribution in [-0.4, -0.2) is 62.0 Å². The molecule has 0 aliphatic carbocycles. The van der Waals surface area contributed by atoms with Gasteiger partial charge in [-0.3, -0.25) is 4.79 Å². The zero-order valence-corrected chi connectivity index (χ0v) is 14.3. The fraction of sp³-hybridized carbons (Fsp3) is 0.467. The van der Waals surface area contributed by atoms with Crippen LogP contribution < -0.4 is 5.32 Å². The molecule has 0 radical (unpaired) electrons. The van der Waals surface area contributed by atoms with Gasteiger partial charge in [0.25, 0.3) is 0 Å². The highest BCUT2D eigenvalue weighted by Gasteiger charge is 2.53. The molecular formula is C15H17F3N2O5S. The van der Waals surface area contributed by atoms with Crippen LogP contribution in [0.15, 0.2) is 35.2 Å². The Labute approximate surface area is 147 Å². The molecule has 0 bridgehead atoms. The molecule has 26 heavy (non-hydrogen) atoms. The number of carbonyl (C=O) groups excluding carboxylic acids is 1. The molecule has 2 rings (SSSR count). The Balaban J connectivity index is 1.93. The van der Waals surface area contributed by atoms with E-state index in [0.29, 0.717) is 0 Å². The van der Waals surface area contributed by atoms with Gasteiger partial charge in [0.05, 0.1) is 22.5 Å². The van der Waals surface area contributed by atoms with Crippen LogP contribution in [0.3, 0.4) is 0 Å². The third-order valence-electron chi connectivity index (χ3n) is 4.09. The fourth-order valence-electron chi connectivity index (χ4n) is 2.70. The van der Waals surface area contributed by atoms with Crippen LogP contribution in [-0.2, 0) is 14.6 Å². The van der Waals surface area contributed by atoms with Gasteiger partial charge in [-0.15, -0.1) is 0 Å². The van der Waals surface area contributed by atoms with Gasteiger partial charge >= 0.3 is 18.2 Å². The number of nitrogens with zero attached hydrogens (tertiary/aromatic N) is 1. The molecule has 1 aliphatic heterocycles. The normalized spacial score (nSPS) is 20.8. The molecule has 2 atom stereocenters. The van der Waals surface area contributed by atoms with Gasteiger partial charge in [0.2, 0.25) is 0 Å². The van der Waals surface area contributed by atoms with Crippen molar-refractivity contribution in [1.29, 1.82) is 0 Å². The first-order valence-corrected chi connectivity index (χ1v) is 9.27. The first-order valence-electron chi connectivity index (χ1n) is 7.62. The van der Waals surface area contributed by atoms with Crippen molar-refractivity contribution in [3.8, 4) is 0 Å². The predicted molar refractivity (Wildman–Crippen MR) is 84.1 cm³/mol. The van der Waals surface area contributed by atoms with Gasteiger partial charge in [-0.1, -0.05) is 18.2 Å². The third kappa shape index (κ3) is 4.65. The maximum atomic E-state index is 12.9. The topological polar surface area (TPSA) is 104 Å². The summed E-state index contributed by atoms with van der Waals surface area (Å²) in [5.74, 6) is -5.95. The summed E-state index contributed by atoms with van der Waals surface area (Å²) in [4.78, 5) is 23.8. The molecule has 1 aromatic carbocycles. The molecule has 0 aromatic heterocycles. The molecule has 1 heterocycles. The summed E-state index contributed by atoms with van der Waals surface area (Å²) in [6.07, 6.45) is -4.74. The Bertz CT molecular complexity index is 767. The highest BCUT2D eigenvalue weighted by Crippen LogP contribution is 2.37. The highest BCUT2D eigenvalue weighted by atomic mass is 32.2. The lowest BCUT2D eigenvalue weighted by Crippen LogP contribution is -2.41. The summed E-state index contributed by atoms with van der Waals surface area (Å²) in [5.41, 5.74) is 0. The molecule has 0 spiro atoms. The number of carboxylic acid groups (broad SMARTS) is 1. The van der Waals surface area contributed by atoms with Gasteiger partial charge in [0.1, 0.15) is 0 Å². The van der Waals surface area contributed by atoms with Crippen molar-refractivity contribution in [2.24, 2.45) is 11.8 Å². The number of benzene rings is 1. The molecule has 0 saturated carbocycles. The van der Waals surface area contributed by atoms with Crippen LogP contribution in [0.4, 0.5) is 18.0 Å².